The molecule has 17 heavy (non-hydrogen) atoms. The van der Waals surface area contributed by atoms with E-state index in [-0.39, 0.29) is 12.5 Å². The third-order valence-corrected chi connectivity index (χ3v) is 3.09. The van der Waals surface area contributed by atoms with E-state index in [1.807, 2.05) is 0 Å². The maximum Gasteiger partial charge on any atom is 0.323 e. The van der Waals surface area contributed by atoms with Gasteiger partial charge in [0.2, 0.25) is 5.91 Å². The summed E-state index contributed by atoms with van der Waals surface area (Å²) in [7, 11) is 0. The van der Waals surface area contributed by atoms with Crippen molar-refractivity contribution in [3.63, 3.8) is 0 Å². The summed E-state index contributed by atoms with van der Waals surface area (Å²) in [5, 5.41) is 11.9. The van der Waals surface area contributed by atoms with Gasteiger partial charge in [-0.2, -0.15) is 0 Å². The number of amides is 1. The van der Waals surface area contributed by atoms with Gasteiger partial charge in [-0.25, -0.2) is 0 Å². The van der Waals surface area contributed by atoms with E-state index in [4.69, 9.17) is 9.84 Å². The predicted molar refractivity (Wildman–Crippen MR) is 59.6 cm³/mol. The average molecular weight is 242 g/mol. The first-order chi connectivity index (χ1) is 8.16. The van der Waals surface area contributed by atoms with Gasteiger partial charge in [-0.05, 0) is 12.8 Å². The maximum atomic E-state index is 11.5. The summed E-state index contributed by atoms with van der Waals surface area (Å²) in [5.41, 5.74) is 0. The highest BCUT2D eigenvalue weighted by Gasteiger charge is 2.29. The molecule has 1 saturated carbocycles. The zero-order chi connectivity index (χ0) is 12.3. The molecule has 6 heteroatoms. The molecular weight excluding hydrogens is 224 g/mol. The largest absolute Gasteiger partial charge is 0.480 e. The van der Waals surface area contributed by atoms with Crippen molar-refractivity contribution in [2.24, 2.45) is 0 Å². The first-order valence-electron chi connectivity index (χ1n) is 6.01. The van der Waals surface area contributed by atoms with Gasteiger partial charge in [-0.15, -0.1) is 0 Å². The van der Waals surface area contributed by atoms with Crippen LogP contribution in [0.15, 0.2) is 0 Å². The number of hydrogen-bond donors (Lipinski definition) is 2. The van der Waals surface area contributed by atoms with Gasteiger partial charge in [-0.3, -0.25) is 14.5 Å². The lowest BCUT2D eigenvalue weighted by Gasteiger charge is -2.32. The Balaban J connectivity index is 1.75. The molecule has 1 atom stereocenters. The lowest BCUT2D eigenvalue weighted by Crippen LogP contribution is -2.50. The Morgan fingerprint density at radius 1 is 1.41 bits per heavy atom. The number of aliphatic carboxylic acids is 1. The van der Waals surface area contributed by atoms with Gasteiger partial charge in [0.1, 0.15) is 6.04 Å². The molecule has 1 amide bonds. The van der Waals surface area contributed by atoms with Crippen LogP contribution in [-0.4, -0.2) is 60.3 Å². The molecule has 0 aromatic rings. The summed E-state index contributed by atoms with van der Waals surface area (Å²) >= 11 is 0. The van der Waals surface area contributed by atoms with E-state index in [0.717, 1.165) is 12.8 Å². The van der Waals surface area contributed by atoms with Crippen molar-refractivity contribution in [1.82, 2.24) is 10.2 Å². The second-order valence-electron chi connectivity index (χ2n) is 4.56. The van der Waals surface area contributed by atoms with Crippen LogP contribution in [0.25, 0.3) is 0 Å². The molecule has 0 spiro atoms. The zero-order valence-corrected chi connectivity index (χ0v) is 9.72. The normalized spacial score (nSPS) is 25.5. The van der Waals surface area contributed by atoms with Crippen molar-refractivity contribution < 1.29 is 19.4 Å². The van der Waals surface area contributed by atoms with Crippen molar-refractivity contribution in [1.29, 1.82) is 0 Å². The Hall–Kier alpha value is -1.14. The predicted octanol–water partition coefficient (Wildman–Crippen LogP) is -0.559. The van der Waals surface area contributed by atoms with Crippen LogP contribution < -0.4 is 5.32 Å². The number of nitrogens with zero attached hydrogens (tertiary/aromatic N) is 1. The highest BCUT2D eigenvalue weighted by atomic mass is 16.5. The minimum Gasteiger partial charge on any atom is -0.480 e. The van der Waals surface area contributed by atoms with E-state index in [1.54, 1.807) is 4.90 Å². The highest BCUT2D eigenvalue weighted by Crippen LogP contribution is 2.18. The molecule has 2 aliphatic rings. The molecule has 1 heterocycles. The van der Waals surface area contributed by atoms with Crippen LogP contribution in [0, 0.1) is 0 Å². The van der Waals surface area contributed by atoms with Crippen molar-refractivity contribution in [3.8, 4) is 0 Å². The molecule has 6 nitrogen and oxygen atoms in total. The first-order valence-corrected chi connectivity index (χ1v) is 6.01. The number of ether oxygens (including phenoxy) is 1. The summed E-state index contributed by atoms with van der Waals surface area (Å²) in [5.74, 6) is -0.865. The smallest absolute Gasteiger partial charge is 0.323 e. The SMILES string of the molecule is O=C(CCN1CCOCC1C(=O)O)NC1CC1. The minimum atomic E-state index is -0.882. The summed E-state index contributed by atoms with van der Waals surface area (Å²) in [6.45, 7) is 1.81. The van der Waals surface area contributed by atoms with Crippen molar-refractivity contribution in [2.75, 3.05) is 26.3 Å². The van der Waals surface area contributed by atoms with Crippen molar-refractivity contribution >= 4 is 11.9 Å². The third-order valence-electron chi connectivity index (χ3n) is 3.09. The number of carbonyl (C=O) groups is 2. The monoisotopic (exact) mass is 242 g/mol. The van der Waals surface area contributed by atoms with Gasteiger partial charge in [0.25, 0.3) is 0 Å². The number of rotatable bonds is 5. The van der Waals surface area contributed by atoms with Gasteiger partial charge < -0.3 is 15.2 Å². The van der Waals surface area contributed by atoms with Crippen LogP contribution in [0.4, 0.5) is 0 Å². The molecule has 0 radical (unpaired) electrons. The van der Waals surface area contributed by atoms with Crippen LogP contribution in [0.5, 0.6) is 0 Å². The Morgan fingerprint density at radius 2 is 2.18 bits per heavy atom. The molecule has 1 aliphatic carbocycles. The van der Waals surface area contributed by atoms with Crippen LogP contribution in [-0.2, 0) is 14.3 Å². The van der Waals surface area contributed by atoms with Crippen molar-refractivity contribution in [3.05, 3.63) is 0 Å². The summed E-state index contributed by atoms with van der Waals surface area (Å²) < 4.78 is 5.13. The molecule has 96 valence electrons. The third kappa shape index (κ3) is 3.67. The lowest BCUT2D eigenvalue weighted by molar-refractivity contribution is -0.150. The molecule has 2 rings (SSSR count). The van der Waals surface area contributed by atoms with Gasteiger partial charge in [0.15, 0.2) is 0 Å². The Morgan fingerprint density at radius 3 is 2.82 bits per heavy atom. The number of morpholine rings is 1. The Kier molecular flexibility index (Phi) is 3.96. The second-order valence-corrected chi connectivity index (χ2v) is 4.56. The van der Waals surface area contributed by atoms with Crippen LogP contribution >= 0.6 is 0 Å². The summed E-state index contributed by atoms with van der Waals surface area (Å²) in [4.78, 5) is 24.3. The van der Waals surface area contributed by atoms with Crippen LogP contribution in [0.3, 0.4) is 0 Å². The molecule has 0 bridgehead atoms. The van der Waals surface area contributed by atoms with Gasteiger partial charge in [-0.1, -0.05) is 0 Å². The maximum absolute atomic E-state index is 11.5. The topological polar surface area (TPSA) is 78.9 Å². The first kappa shape index (κ1) is 12.3. The molecular formula is C11H18N2O4. The summed E-state index contributed by atoms with van der Waals surface area (Å²) in [6.07, 6.45) is 2.50. The van der Waals surface area contributed by atoms with E-state index in [2.05, 4.69) is 5.32 Å². The lowest BCUT2D eigenvalue weighted by atomic mass is 10.2. The fourth-order valence-corrected chi connectivity index (χ4v) is 1.91. The van der Waals surface area contributed by atoms with Crippen LogP contribution in [0.2, 0.25) is 0 Å². The van der Waals surface area contributed by atoms with Gasteiger partial charge >= 0.3 is 5.97 Å². The Bertz CT molecular complexity index is 304. The number of hydrogen-bond acceptors (Lipinski definition) is 4. The van der Waals surface area contributed by atoms with E-state index in [9.17, 15) is 9.59 Å². The fourth-order valence-electron chi connectivity index (χ4n) is 1.91. The molecule has 1 aliphatic heterocycles. The molecule has 1 saturated heterocycles. The van der Waals surface area contributed by atoms with E-state index in [0.29, 0.717) is 32.2 Å². The molecule has 0 aromatic carbocycles. The highest BCUT2D eigenvalue weighted by molar-refractivity contribution is 5.77. The summed E-state index contributed by atoms with van der Waals surface area (Å²) in [6, 6.07) is -0.250. The standard InChI is InChI=1S/C11H18N2O4/c14-10(12-8-1-2-8)3-4-13-5-6-17-7-9(13)11(15)16/h8-9H,1-7H2,(H,12,14)(H,15,16). The second kappa shape index (κ2) is 5.46. The molecule has 2 N–H and O–H groups in total. The van der Waals surface area contributed by atoms with E-state index in [1.165, 1.54) is 0 Å². The van der Waals surface area contributed by atoms with E-state index >= 15 is 0 Å². The Labute approximate surface area is 99.9 Å². The number of carbonyl (C=O) groups excluding carboxylic acids is 1. The van der Waals surface area contributed by atoms with Crippen molar-refractivity contribution in [2.45, 2.75) is 31.3 Å². The number of nitrogens with one attached hydrogen (secondary N) is 1. The van der Waals surface area contributed by atoms with Gasteiger partial charge in [0, 0.05) is 25.6 Å². The molecule has 1 unspecified atom stereocenters. The minimum absolute atomic E-state index is 0.0168. The quantitative estimate of drug-likeness (QED) is 0.675. The van der Waals surface area contributed by atoms with Gasteiger partial charge in [0.05, 0.1) is 13.2 Å². The van der Waals surface area contributed by atoms with Crippen LogP contribution in [0.1, 0.15) is 19.3 Å². The number of carboxylic acids is 1. The number of carboxylic acid groups (broad SMARTS) is 1. The van der Waals surface area contributed by atoms with E-state index < -0.39 is 12.0 Å². The average Bonchev–Trinajstić information content (AvgIpc) is 3.10. The fraction of sp³-hybridized carbons (Fsp3) is 0.818. The molecule has 2 fully saturated rings. The molecule has 0 aromatic heterocycles. The zero-order valence-electron chi connectivity index (χ0n) is 9.72.